The zero-order valence-electron chi connectivity index (χ0n) is 10.7. The lowest BCUT2D eigenvalue weighted by Crippen LogP contribution is -2.24. The molecule has 1 aromatic rings. The average molecular weight is 253 g/mol. The molecular formula is C12H15NO5. The van der Waals surface area contributed by atoms with Gasteiger partial charge in [-0.05, 0) is 24.6 Å². The first-order valence-corrected chi connectivity index (χ1v) is 5.15. The van der Waals surface area contributed by atoms with Gasteiger partial charge < -0.3 is 19.5 Å². The number of rotatable bonds is 3. The van der Waals surface area contributed by atoms with Crippen LogP contribution in [0.1, 0.15) is 5.56 Å². The van der Waals surface area contributed by atoms with E-state index in [2.05, 4.69) is 10.1 Å². The number of amides is 1. The monoisotopic (exact) mass is 253 g/mol. The Bertz CT molecular complexity index is 445. The van der Waals surface area contributed by atoms with Crippen LogP contribution in [0.25, 0.3) is 0 Å². The van der Waals surface area contributed by atoms with Crippen molar-refractivity contribution in [3.63, 3.8) is 0 Å². The number of methoxy groups -OCH3 is 3. The molecule has 0 heterocycles. The molecule has 0 aliphatic rings. The van der Waals surface area contributed by atoms with Crippen molar-refractivity contribution in [1.82, 2.24) is 0 Å². The molecule has 0 fully saturated rings. The van der Waals surface area contributed by atoms with Crippen LogP contribution in [0.2, 0.25) is 0 Å². The Morgan fingerprint density at radius 2 is 1.56 bits per heavy atom. The summed E-state index contributed by atoms with van der Waals surface area (Å²) in [5.41, 5.74) is 1.20. The molecule has 1 rings (SSSR count). The van der Waals surface area contributed by atoms with Gasteiger partial charge in [-0.3, -0.25) is 4.79 Å². The van der Waals surface area contributed by atoms with Crippen LogP contribution in [-0.4, -0.2) is 33.2 Å². The molecule has 1 N–H and O–H groups in total. The number of hydrogen-bond acceptors (Lipinski definition) is 5. The molecule has 0 aliphatic carbocycles. The Morgan fingerprint density at radius 1 is 1.06 bits per heavy atom. The Labute approximate surface area is 105 Å². The number of anilines is 1. The topological polar surface area (TPSA) is 73.9 Å². The van der Waals surface area contributed by atoms with E-state index >= 15 is 0 Å². The van der Waals surface area contributed by atoms with E-state index in [1.807, 2.05) is 6.92 Å². The molecule has 6 nitrogen and oxygen atoms in total. The number of carbonyl (C=O) groups excluding carboxylic acids is 2. The number of aryl methyl sites for hydroxylation is 1. The Hall–Kier alpha value is -2.24. The van der Waals surface area contributed by atoms with Crippen LogP contribution in [0.5, 0.6) is 11.5 Å². The highest BCUT2D eigenvalue weighted by Crippen LogP contribution is 2.35. The van der Waals surface area contributed by atoms with Crippen molar-refractivity contribution >= 4 is 17.6 Å². The van der Waals surface area contributed by atoms with Gasteiger partial charge in [0.1, 0.15) is 17.2 Å². The lowest BCUT2D eigenvalue weighted by Gasteiger charge is -2.14. The lowest BCUT2D eigenvalue weighted by atomic mass is 10.2. The second-order valence-corrected chi connectivity index (χ2v) is 3.49. The molecule has 0 saturated carbocycles. The van der Waals surface area contributed by atoms with Gasteiger partial charge in [0.05, 0.1) is 21.3 Å². The van der Waals surface area contributed by atoms with E-state index in [1.165, 1.54) is 14.2 Å². The van der Waals surface area contributed by atoms with Gasteiger partial charge >= 0.3 is 11.9 Å². The van der Waals surface area contributed by atoms with Gasteiger partial charge in [0, 0.05) is 0 Å². The van der Waals surface area contributed by atoms with Crippen molar-refractivity contribution in [2.24, 2.45) is 0 Å². The predicted octanol–water partition coefficient (Wildman–Crippen LogP) is 1.12. The van der Waals surface area contributed by atoms with Crippen molar-refractivity contribution in [3.05, 3.63) is 17.7 Å². The van der Waals surface area contributed by atoms with Gasteiger partial charge in [-0.2, -0.15) is 0 Å². The van der Waals surface area contributed by atoms with Crippen LogP contribution in [0.15, 0.2) is 12.1 Å². The summed E-state index contributed by atoms with van der Waals surface area (Å²) in [5, 5.41) is 2.40. The highest BCUT2D eigenvalue weighted by Gasteiger charge is 2.19. The van der Waals surface area contributed by atoms with Gasteiger partial charge in [0.15, 0.2) is 0 Å². The summed E-state index contributed by atoms with van der Waals surface area (Å²) in [5.74, 6) is -1.06. The van der Waals surface area contributed by atoms with Crippen molar-refractivity contribution in [2.75, 3.05) is 26.6 Å². The Kier molecular flexibility index (Phi) is 4.53. The third-order valence-corrected chi connectivity index (χ3v) is 2.26. The lowest BCUT2D eigenvalue weighted by molar-refractivity contribution is -0.150. The fraction of sp³-hybridized carbons (Fsp3) is 0.333. The van der Waals surface area contributed by atoms with Crippen LogP contribution in [0.4, 0.5) is 5.69 Å². The summed E-state index contributed by atoms with van der Waals surface area (Å²) in [4.78, 5) is 22.5. The maximum atomic E-state index is 11.5. The van der Waals surface area contributed by atoms with E-state index < -0.39 is 11.9 Å². The van der Waals surface area contributed by atoms with E-state index in [0.717, 1.165) is 12.7 Å². The zero-order valence-corrected chi connectivity index (χ0v) is 10.7. The number of hydrogen-bond donors (Lipinski definition) is 1. The minimum absolute atomic E-state index is 0.293. The molecule has 0 saturated heterocycles. The molecule has 0 aromatic heterocycles. The van der Waals surface area contributed by atoms with E-state index in [4.69, 9.17) is 9.47 Å². The normalized spacial score (nSPS) is 9.56. The fourth-order valence-corrected chi connectivity index (χ4v) is 1.42. The number of ether oxygens (including phenoxy) is 3. The number of carbonyl (C=O) groups is 2. The molecule has 0 unspecified atom stereocenters. The second-order valence-electron chi connectivity index (χ2n) is 3.49. The summed E-state index contributed by atoms with van der Waals surface area (Å²) in [6.45, 7) is 1.86. The highest BCUT2D eigenvalue weighted by atomic mass is 16.5. The molecule has 0 bridgehead atoms. The first-order valence-electron chi connectivity index (χ1n) is 5.15. The number of nitrogens with one attached hydrogen (secondary N) is 1. The smallest absolute Gasteiger partial charge is 0.396 e. The first kappa shape index (κ1) is 13.8. The van der Waals surface area contributed by atoms with Gasteiger partial charge in [-0.1, -0.05) is 0 Å². The van der Waals surface area contributed by atoms with E-state index in [-0.39, 0.29) is 0 Å². The average Bonchev–Trinajstić information content (AvgIpc) is 2.38. The van der Waals surface area contributed by atoms with Crippen LogP contribution < -0.4 is 14.8 Å². The minimum Gasteiger partial charge on any atom is -0.494 e. The van der Waals surface area contributed by atoms with E-state index in [0.29, 0.717) is 17.2 Å². The zero-order chi connectivity index (χ0) is 13.7. The largest absolute Gasteiger partial charge is 0.494 e. The molecule has 0 spiro atoms. The van der Waals surface area contributed by atoms with Crippen molar-refractivity contribution in [1.29, 1.82) is 0 Å². The minimum atomic E-state index is -0.986. The van der Waals surface area contributed by atoms with Gasteiger partial charge in [0.25, 0.3) is 0 Å². The van der Waals surface area contributed by atoms with Crippen LogP contribution >= 0.6 is 0 Å². The third kappa shape index (κ3) is 2.91. The third-order valence-electron chi connectivity index (χ3n) is 2.26. The molecule has 6 heteroatoms. The quantitative estimate of drug-likeness (QED) is 0.645. The molecule has 1 aromatic carbocycles. The van der Waals surface area contributed by atoms with Crippen molar-refractivity contribution in [2.45, 2.75) is 6.92 Å². The van der Waals surface area contributed by atoms with Gasteiger partial charge in [0.2, 0.25) is 0 Å². The van der Waals surface area contributed by atoms with Gasteiger partial charge in [-0.15, -0.1) is 0 Å². The Morgan fingerprint density at radius 3 is 1.94 bits per heavy atom. The molecule has 98 valence electrons. The summed E-state index contributed by atoms with van der Waals surface area (Å²) in [7, 11) is 4.05. The molecule has 0 atom stereocenters. The molecule has 0 aliphatic heterocycles. The van der Waals surface area contributed by atoms with Crippen LogP contribution in [0, 0.1) is 6.92 Å². The first-order chi connectivity index (χ1) is 8.53. The summed E-state index contributed by atoms with van der Waals surface area (Å²) in [6, 6.07) is 3.44. The standard InChI is InChI=1S/C12H15NO5/c1-7-5-8(16-2)10(9(6-7)17-3)13-11(14)12(15)18-4/h5-6H,1-4H3,(H,13,14). The fourth-order valence-electron chi connectivity index (χ4n) is 1.42. The summed E-state index contributed by atoms with van der Waals surface area (Å²) in [6.07, 6.45) is 0. The molecular weight excluding hydrogens is 238 g/mol. The molecule has 0 radical (unpaired) electrons. The van der Waals surface area contributed by atoms with Crippen molar-refractivity contribution < 1.29 is 23.8 Å². The second kappa shape index (κ2) is 5.90. The molecule has 18 heavy (non-hydrogen) atoms. The SMILES string of the molecule is COC(=O)C(=O)Nc1c(OC)cc(C)cc1OC. The summed E-state index contributed by atoms with van der Waals surface area (Å²) >= 11 is 0. The Balaban J connectivity index is 3.13. The van der Waals surface area contributed by atoms with E-state index in [1.54, 1.807) is 12.1 Å². The number of esters is 1. The van der Waals surface area contributed by atoms with Crippen LogP contribution in [0.3, 0.4) is 0 Å². The van der Waals surface area contributed by atoms with Gasteiger partial charge in [-0.25, -0.2) is 4.79 Å². The number of benzene rings is 1. The highest BCUT2D eigenvalue weighted by molar-refractivity contribution is 6.37. The maximum absolute atomic E-state index is 11.5. The molecule has 1 amide bonds. The van der Waals surface area contributed by atoms with Crippen molar-refractivity contribution in [3.8, 4) is 11.5 Å². The van der Waals surface area contributed by atoms with Crippen LogP contribution in [-0.2, 0) is 14.3 Å². The van der Waals surface area contributed by atoms with E-state index in [9.17, 15) is 9.59 Å². The predicted molar refractivity (Wildman–Crippen MR) is 64.9 cm³/mol. The summed E-state index contributed by atoms with van der Waals surface area (Å²) < 4.78 is 14.6. The maximum Gasteiger partial charge on any atom is 0.396 e.